The predicted octanol–water partition coefficient (Wildman–Crippen LogP) is 2.39. The number of fused-ring (bicyclic) bond motifs is 1. The number of pyridine rings is 1. The number of hydrogen-bond acceptors (Lipinski definition) is 4. The molecule has 0 saturated heterocycles. The molecule has 0 radical (unpaired) electrons. The Labute approximate surface area is 139 Å². The number of anilines is 2. The summed E-state index contributed by atoms with van der Waals surface area (Å²) < 4.78 is 40.7. The van der Waals surface area contributed by atoms with E-state index >= 15 is 0 Å². The fourth-order valence-electron chi connectivity index (χ4n) is 2.52. The van der Waals surface area contributed by atoms with Crippen molar-refractivity contribution in [3.63, 3.8) is 0 Å². The molecule has 0 spiro atoms. The van der Waals surface area contributed by atoms with Gasteiger partial charge in [-0.25, -0.2) is 9.78 Å². The van der Waals surface area contributed by atoms with Crippen molar-refractivity contribution in [2.75, 3.05) is 5.32 Å². The molecule has 6 nitrogen and oxygen atoms in total. The van der Waals surface area contributed by atoms with Crippen LogP contribution in [0.15, 0.2) is 46.1 Å². The van der Waals surface area contributed by atoms with E-state index in [0.29, 0.717) is 0 Å². The smallest absolute Gasteiger partial charge is 0.355 e. The molecular formula is C16H13F3N4O2. The molecule has 1 N–H and O–H groups in total. The minimum Gasteiger partial charge on any atom is -0.355 e. The number of halogens is 3. The third-order valence-corrected chi connectivity index (χ3v) is 3.81. The van der Waals surface area contributed by atoms with Crippen LogP contribution in [0.1, 0.15) is 5.56 Å². The summed E-state index contributed by atoms with van der Waals surface area (Å²) in [4.78, 5) is 28.4. The van der Waals surface area contributed by atoms with Gasteiger partial charge in [-0.1, -0.05) is 6.07 Å². The molecule has 0 unspecified atom stereocenters. The van der Waals surface area contributed by atoms with Gasteiger partial charge in [0.15, 0.2) is 5.65 Å². The van der Waals surface area contributed by atoms with Gasteiger partial charge in [-0.3, -0.25) is 13.9 Å². The molecule has 1 aromatic carbocycles. The minimum absolute atomic E-state index is 0.115. The summed E-state index contributed by atoms with van der Waals surface area (Å²) in [6.07, 6.45) is -3.10. The van der Waals surface area contributed by atoms with Crippen molar-refractivity contribution in [3.05, 3.63) is 62.9 Å². The number of aromatic nitrogens is 3. The first kappa shape index (κ1) is 16.7. The number of aryl methyl sites for hydroxylation is 1. The average molecular weight is 350 g/mol. The Bertz CT molecular complexity index is 1080. The fourth-order valence-corrected chi connectivity index (χ4v) is 2.52. The van der Waals surface area contributed by atoms with E-state index in [-0.39, 0.29) is 22.4 Å². The number of hydrogen-bond donors (Lipinski definition) is 1. The predicted molar refractivity (Wildman–Crippen MR) is 87.0 cm³/mol. The minimum atomic E-state index is -4.47. The van der Waals surface area contributed by atoms with E-state index in [1.165, 1.54) is 43.1 Å². The molecule has 0 fully saturated rings. The Hall–Kier alpha value is -3.10. The first-order valence-corrected chi connectivity index (χ1v) is 7.19. The lowest BCUT2D eigenvalue weighted by atomic mass is 10.2. The Balaban J connectivity index is 2.19. The van der Waals surface area contributed by atoms with Gasteiger partial charge in [-0.15, -0.1) is 0 Å². The summed E-state index contributed by atoms with van der Waals surface area (Å²) in [5.41, 5.74) is -1.36. The van der Waals surface area contributed by atoms with Gasteiger partial charge in [0.05, 0.1) is 11.3 Å². The average Bonchev–Trinajstić information content (AvgIpc) is 2.57. The van der Waals surface area contributed by atoms with Crippen LogP contribution >= 0.6 is 0 Å². The van der Waals surface area contributed by atoms with Crippen LogP contribution in [-0.2, 0) is 20.3 Å². The number of nitrogens with zero attached hydrogens (tertiary/aromatic N) is 3. The molecule has 130 valence electrons. The van der Waals surface area contributed by atoms with E-state index in [1.807, 2.05) is 0 Å². The van der Waals surface area contributed by atoms with E-state index in [2.05, 4.69) is 10.3 Å². The Kier molecular flexibility index (Phi) is 3.86. The monoisotopic (exact) mass is 350 g/mol. The van der Waals surface area contributed by atoms with Gasteiger partial charge < -0.3 is 5.32 Å². The summed E-state index contributed by atoms with van der Waals surface area (Å²) in [7, 11) is 2.79. The highest BCUT2D eigenvalue weighted by atomic mass is 19.4. The van der Waals surface area contributed by atoms with Gasteiger partial charge >= 0.3 is 11.9 Å². The van der Waals surface area contributed by atoms with Crippen molar-refractivity contribution >= 4 is 22.4 Å². The van der Waals surface area contributed by atoms with Gasteiger partial charge in [0.1, 0.15) is 5.39 Å². The highest BCUT2D eigenvalue weighted by molar-refractivity contribution is 5.90. The zero-order valence-electron chi connectivity index (χ0n) is 13.3. The SMILES string of the molecule is Cn1c(=O)c2c(Nc3cccc(C(F)(F)F)c3)ccnc2n(C)c1=O. The Morgan fingerprint density at radius 2 is 1.80 bits per heavy atom. The molecule has 2 heterocycles. The van der Waals surface area contributed by atoms with Gasteiger partial charge in [-0.2, -0.15) is 13.2 Å². The lowest BCUT2D eigenvalue weighted by Gasteiger charge is -2.13. The topological polar surface area (TPSA) is 68.9 Å². The molecular weight excluding hydrogens is 337 g/mol. The van der Waals surface area contributed by atoms with Crippen LogP contribution in [0.2, 0.25) is 0 Å². The van der Waals surface area contributed by atoms with Crippen molar-refractivity contribution in [1.82, 2.24) is 14.1 Å². The molecule has 3 aromatic rings. The first-order valence-electron chi connectivity index (χ1n) is 7.19. The van der Waals surface area contributed by atoms with E-state index in [4.69, 9.17) is 0 Å². The molecule has 0 amide bonds. The normalized spacial score (nSPS) is 11.7. The summed E-state index contributed by atoms with van der Waals surface area (Å²) in [5.74, 6) is 0. The van der Waals surface area contributed by atoms with Crippen molar-refractivity contribution in [2.24, 2.45) is 14.1 Å². The number of nitrogens with one attached hydrogen (secondary N) is 1. The molecule has 25 heavy (non-hydrogen) atoms. The summed E-state index contributed by atoms with van der Waals surface area (Å²) in [6, 6.07) is 6.09. The third kappa shape index (κ3) is 2.88. The largest absolute Gasteiger partial charge is 0.416 e. The maximum absolute atomic E-state index is 12.8. The summed E-state index contributed by atoms with van der Waals surface area (Å²) >= 11 is 0. The molecule has 0 bridgehead atoms. The van der Waals surface area contributed by atoms with Crippen LogP contribution in [0.25, 0.3) is 11.0 Å². The van der Waals surface area contributed by atoms with E-state index in [0.717, 1.165) is 16.7 Å². The van der Waals surface area contributed by atoms with Crippen LogP contribution in [0.4, 0.5) is 24.5 Å². The van der Waals surface area contributed by atoms with Crippen LogP contribution in [-0.4, -0.2) is 14.1 Å². The third-order valence-electron chi connectivity index (χ3n) is 3.81. The molecule has 0 atom stereocenters. The standard InChI is InChI=1S/C16H13F3N4O2/c1-22-13-12(14(24)23(2)15(22)25)11(6-7-20-13)21-10-5-3-4-9(8-10)16(17,18)19/h3-8H,1-2H3,(H,20,21). The highest BCUT2D eigenvalue weighted by Crippen LogP contribution is 2.31. The van der Waals surface area contributed by atoms with Crippen LogP contribution in [0, 0.1) is 0 Å². The van der Waals surface area contributed by atoms with E-state index < -0.39 is 23.0 Å². The first-order chi connectivity index (χ1) is 11.7. The molecule has 0 aliphatic rings. The van der Waals surface area contributed by atoms with E-state index in [1.54, 1.807) is 0 Å². The second kappa shape index (κ2) is 5.76. The quantitative estimate of drug-likeness (QED) is 0.771. The molecule has 0 aliphatic heterocycles. The Morgan fingerprint density at radius 1 is 1.08 bits per heavy atom. The fraction of sp³-hybridized carbons (Fsp3) is 0.188. The number of rotatable bonds is 2. The van der Waals surface area contributed by atoms with E-state index in [9.17, 15) is 22.8 Å². The zero-order valence-corrected chi connectivity index (χ0v) is 13.3. The highest BCUT2D eigenvalue weighted by Gasteiger charge is 2.30. The number of benzene rings is 1. The van der Waals surface area contributed by atoms with Crippen LogP contribution in [0.5, 0.6) is 0 Å². The van der Waals surface area contributed by atoms with Crippen molar-refractivity contribution in [3.8, 4) is 0 Å². The van der Waals surface area contributed by atoms with Crippen molar-refractivity contribution < 1.29 is 13.2 Å². The molecule has 0 aliphatic carbocycles. The second-order valence-electron chi connectivity index (χ2n) is 5.47. The Morgan fingerprint density at radius 3 is 2.48 bits per heavy atom. The van der Waals surface area contributed by atoms with Gasteiger partial charge in [0, 0.05) is 26.0 Å². The van der Waals surface area contributed by atoms with Crippen molar-refractivity contribution in [2.45, 2.75) is 6.18 Å². The lowest BCUT2D eigenvalue weighted by Crippen LogP contribution is -2.37. The molecule has 3 rings (SSSR count). The van der Waals surface area contributed by atoms with Crippen LogP contribution < -0.4 is 16.6 Å². The van der Waals surface area contributed by atoms with Crippen LogP contribution in [0.3, 0.4) is 0 Å². The molecule has 9 heteroatoms. The van der Waals surface area contributed by atoms with Gasteiger partial charge in [-0.05, 0) is 24.3 Å². The lowest BCUT2D eigenvalue weighted by molar-refractivity contribution is -0.137. The van der Waals surface area contributed by atoms with Crippen molar-refractivity contribution in [1.29, 1.82) is 0 Å². The molecule has 2 aromatic heterocycles. The summed E-state index contributed by atoms with van der Waals surface area (Å²) in [5, 5.41) is 2.92. The van der Waals surface area contributed by atoms with Gasteiger partial charge in [0.2, 0.25) is 0 Å². The maximum Gasteiger partial charge on any atom is 0.416 e. The molecule has 0 saturated carbocycles. The summed E-state index contributed by atoms with van der Waals surface area (Å²) in [6.45, 7) is 0. The van der Waals surface area contributed by atoms with Gasteiger partial charge in [0.25, 0.3) is 5.56 Å². The zero-order chi connectivity index (χ0) is 18.4. The number of alkyl halides is 3. The maximum atomic E-state index is 12.8. The second-order valence-corrected chi connectivity index (χ2v) is 5.47.